The molecule has 0 fully saturated rings. The molecule has 0 saturated heterocycles. The quantitative estimate of drug-likeness (QED) is 0.0867. The van der Waals surface area contributed by atoms with E-state index in [1.165, 1.54) is 56.1 Å². The summed E-state index contributed by atoms with van der Waals surface area (Å²) >= 11 is 2.73. The van der Waals surface area contributed by atoms with Crippen LogP contribution in [0.1, 0.15) is 21.5 Å². The van der Waals surface area contributed by atoms with E-state index in [4.69, 9.17) is 14.2 Å². The molecule has 4 aromatic carbocycles. The molecular formula is C37H34N4O6S2. The number of anilines is 2. The zero-order valence-electron chi connectivity index (χ0n) is 27.2. The minimum absolute atomic E-state index is 0.00836. The SMILES string of the molecule is COc1cc(/C=C(\NC(=O)c2ccccc2)C(=O)Nc2ccc(SCC(=O)Nc3nc(-c4ccc(C)cc4)cs3)cc2)cc(OC)c1OC. The number of hydrogen-bond acceptors (Lipinski definition) is 9. The van der Waals surface area contributed by atoms with E-state index in [0.29, 0.717) is 39.2 Å². The van der Waals surface area contributed by atoms with E-state index in [1.54, 1.807) is 66.7 Å². The minimum Gasteiger partial charge on any atom is -0.493 e. The first-order valence-electron chi connectivity index (χ1n) is 15.0. The van der Waals surface area contributed by atoms with Gasteiger partial charge >= 0.3 is 0 Å². The maximum atomic E-state index is 13.6. The topological polar surface area (TPSA) is 128 Å². The molecule has 49 heavy (non-hydrogen) atoms. The van der Waals surface area contributed by atoms with Crippen LogP contribution in [0.3, 0.4) is 0 Å². The van der Waals surface area contributed by atoms with Crippen molar-refractivity contribution in [3.63, 3.8) is 0 Å². The van der Waals surface area contributed by atoms with E-state index in [0.717, 1.165) is 16.2 Å². The van der Waals surface area contributed by atoms with E-state index in [-0.39, 0.29) is 17.4 Å². The molecule has 0 bridgehead atoms. The fourth-order valence-corrected chi connectivity index (χ4v) is 6.05. The third-order valence-electron chi connectivity index (χ3n) is 7.11. The van der Waals surface area contributed by atoms with Crippen molar-refractivity contribution in [3.05, 3.63) is 119 Å². The lowest BCUT2D eigenvalue weighted by Crippen LogP contribution is -2.30. The second kappa shape index (κ2) is 16.5. The van der Waals surface area contributed by atoms with Crippen LogP contribution in [-0.4, -0.2) is 49.8 Å². The molecule has 0 radical (unpaired) electrons. The first-order chi connectivity index (χ1) is 23.8. The Morgan fingerprint density at radius 2 is 1.51 bits per heavy atom. The van der Waals surface area contributed by atoms with Gasteiger partial charge < -0.3 is 30.2 Å². The molecule has 250 valence electrons. The van der Waals surface area contributed by atoms with Gasteiger partial charge in [0.05, 0.1) is 32.8 Å². The van der Waals surface area contributed by atoms with E-state index < -0.39 is 11.8 Å². The molecule has 0 unspecified atom stereocenters. The highest BCUT2D eigenvalue weighted by Gasteiger charge is 2.18. The van der Waals surface area contributed by atoms with E-state index in [2.05, 4.69) is 20.9 Å². The lowest BCUT2D eigenvalue weighted by atomic mass is 10.1. The highest BCUT2D eigenvalue weighted by molar-refractivity contribution is 8.00. The number of methoxy groups -OCH3 is 3. The van der Waals surface area contributed by atoms with Gasteiger partial charge in [-0.05, 0) is 67.1 Å². The van der Waals surface area contributed by atoms with Crippen molar-refractivity contribution in [1.82, 2.24) is 10.3 Å². The van der Waals surface area contributed by atoms with Crippen LogP contribution in [0.2, 0.25) is 0 Å². The molecule has 10 nitrogen and oxygen atoms in total. The van der Waals surface area contributed by atoms with Crippen molar-refractivity contribution in [2.75, 3.05) is 37.7 Å². The normalized spacial score (nSPS) is 11.0. The summed E-state index contributed by atoms with van der Waals surface area (Å²) in [5.74, 6) is 0.175. The number of rotatable bonds is 13. The number of carbonyl (C=O) groups is 3. The maximum Gasteiger partial charge on any atom is 0.272 e. The molecule has 1 heterocycles. The van der Waals surface area contributed by atoms with Crippen molar-refractivity contribution in [2.45, 2.75) is 11.8 Å². The van der Waals surface area contributed by atoms with Crippen molar-refractivity contribution >= 4 is 57.7 Å². The molecule has 0 aliphatic heterocycles. The maximum absolute atomic E-state index is 13.6. The van der Waals surface area contributed by atoms with Crippen LogP contribution in [-0.2, 0) is 9.59 Å². The molecule has 0 spiro atoms. The Kier molecular flexibility index (Phi) is 11.7. The van der Waals surface area contributed by atoms with E-state index in [1.807, 2.05) is 36.6 Å². The number of thioether (sulfide) groups is 1. The lowest BCUT2D eigenvalue weighted by Gasteiger charge is -2.15. The Bertz CT molecular complexity index is 1930. The van der Waals surface area contributed by atoms with Gasteiger partial charge in [-0.25, -0.2) is 4.98 Å². The Labute approximate surface area is 292 Å². The van der Waals surface area contributed by atoms with Crippen molar-refractivity contribution < 1.29 is 28.6 Å². The van der Waals surface area contributed by atoms with Crippen molar-refractivity contribution in [1.29, 1.82) is 0 Å². The summed E-state index contributed by atoms with van der Waals surface area (Å²) in [6, 6.07) is 27.0. The Morgan fingerprint density at radius 3 is 2.14 bits per heavy atom. The monoisotopic (exact) mass is 694 g/mol. The van der Waals surface area contributed by atoms with Gasteiger partial charge in [-0.2, -0.15) is 0 Å². The number of nitrogens with one attached hydrogen (secondary N) is 3. The van der Waals surface area contributed by atoms with Crippen LogP contribution >= 0.6 is 23.1 Å². The average molecular weight is 695 g/mol. The van der Waals surface area contributed by atoms with Crippen LogP contribution in [0, 0.1) is 6.92 Å². The first-order valence-corrected chi connectivity index (χ1v) is 16.9. The first kappa shape index (κ1) is 34.7. The van der Waals surface area contributed by atoms with Gasteiger partial charge in [-0.1, -0.05) is 48.0 Å². The summed E-state index contributed by atoms with van der Waals surface area (Å²) < 4.78 is 16.3. The summed E-state index contributed by atoms with van der Waals surface area (Å²) in [5.41, 5.74) is 4.38. The molecule has 0 atom stereocenters. The second-order valence-electron chi connectivity index (χ2n) is 10.6. The lowest BCUT2D eigenvalue weighted by molar-refractivity contribution is -0.114. The number of nitrogens with zero attached hydrogens (tertiary/aromatic N) is 1. The predicted molar refractivity (Wildman–Crippen MR) is 195 cm³/mol. The van der Waals surface area contributed by atoms with Gasteiger partial charge in [-0.3, -0.25) is 14.4 Å². The summed E-state index contributed by atoms with van der Waals surface area (Å²) in [6.07, 6.45) is 1.52. The molecule has 5 aromatic rings. The van der Waals surface area contributed by atoms with E-state index in [9.17, 15) is 14.4 Å². The molecule has 1 aromatic heterocycles. The highest BCUT2D eigenvalue weighted by Crippen LogP contribution is 2.38. The van der Waals surface area contributed by atoms with Gasteiger partial charge in [0, 0.05) is 27.1 Å². The Balaban J connectivity index is 1.25. The highest BCUT2D eigenvalue weighted by atomic mass is 32.2. The number of thiazole rings is 1. The van der Waals surface area contributed by atoms with Crippen molar-refractivity contribution in [2.24, 2.45) is 0 Å². The number of aryl methyl sites for hydroxylation is 1. The van der Waals surface area contributed by atoms with Crippen LogP contribution in [0.15, 0.2) is 107 Å². The predicted octanol–water partition coefficient (Wildman–Crippen LogP) is 7.28. The molecule has 3 N–H and O–H groups in total. The van der Waals surface area contributed by atoms with Crippen LogP contribution in [0.4, 0.5) is 10.8 Å². The third-order valence-corrected chi connectivity index (χ3v) is 8.88. The fraction of sp³-hybridized carbons (Fsp3) is 0.135. The van der Waals surface area contributed by atoms with Gasteiger partial charge in [0.25, 0.3) is 11.8 Å². The number of hydrogen-bond donors (Lipinski definition) is 3. The molecule has 12 heteroatoms. The van der Waals surface area contributed by atoms with Crippen LogP contribution < -0.4 is 30.2 Å². The average Bonchev–Trinajstić information content (AvgIpc) is 3.59. The Hall–Kier alpha value is -5.59. The summed E-state index contributed by atoms with van der Waals surface area (Å²) in [5, 5.41) is 10.9. The number of benzene rings is 4. The number of ether oxygens (including phenoxy) is 3. The fourth-order valence-electron chi connectivity index (χ4n) is 4.62. The summed E-state index contributed by atoms with van der Waals surface area (Å²) in [4.78, 5) is 44.6. The van der Waals surface area contributed by atoms with Gasteiger partial charge in [0.1, 0.15) is 5.70 Å². The molecule has 0 saturated carbocycles. The number of amides is 3. The van der Waals surface area contributed by atoms with E-state index >= 15 is 0 Å². The van der Waals surface area contributed by atoms with Gasteiger partial charge in [0.15, 0.2) is 16.6 Å². The molecule has 0 aliphatic rings. The molecule has 0 aliphatic carbocycles. The van der Waals surface area contributed by atoms with Gasteiger partial charge in [-0.15, -0.1) is 23.1 Å². The number of aromatic nitrogens is 1. The molecule has 5 rings (SSSR count). The zero-order valence-corrected chi connectivity index (χ0v) is 28.9. The minimum atomic E-state index is -0.550. The smallest absolute Gasteiger partial charge is 0.272 e. The van der Waals surface area contributed by atoms with Crippen LogP contribution in [0.25, 0.3) is 17.3 Å². The molecule has 3 amide bonds. The van der Waals surface area contributed by atoms with Crippen molar-refractivity contribution in [3.8, 4) is 28.5 Å². The summed E-state index contributed by atoms with van der Waals surface area (Å²) in [6.45, 7) is 2.03. The number of carbonyl (C=O) groups excluding carboxylic acids is 3. The largest absolute Gasteiger partial charge is 0.493 e. The van der Waals surface area contributed by atoms with Gasteiger partial charge in [0.2, 0.25) is 11.7 Å². The third kappa shape index (κ3) is 9.28. The Morgan fingerprint density at radius 1 is 0.837 bits per heavy atom. The zero-order chi connectivity index (χ0) is 34.8. The summed E-state index contributed by atoms with van der Waals surface area (Å²) in [7, 11) is 4.48. The standard InChI is InChI=1S/C37H34N4O6S2/c1-23-10-12-25(13-11-23)30-21-49-37(40-30)41-33(42)22-48-28-16-14-27(15-17-28)38-36(44)29(39-35(43)26-8-6-5-7-9-26)18-24-19-31(45-2)34(47-4)32(20-24)46-3/h5-21H,22H2,1-4H3,(H,38,44)(H,39,43)(H,40,41,42)/b29-18-. The van der Waals surface area contributed by atoms with Crippen LogP contribution in [0.5, 0.6) is 17.2 Å². The second-order valence-corrected chi connectivity index (χ2v) is 12.5. The molecular weight excluding hydrogens is 661 g/mol.